The van der Waals surface area contributed by atoms with Gasteiger partial charge in [-0.05, 0) is 42.8 Å². The number of amides is 1. The van der Waals surface area contributed by atoms with Gasteiger partial charge in [0.1, 0.15) is 16.5 Å². The lowest BCUT2D eigenvalue weighted by atomic mass is 10.2. The van der Waals surface area contributed by atoms with Crippen LogP contribution in [0.4, 0.5) is 5.82 Å². The molecular weight excluding hydrogens is 332 g/mol. The minimum atomic E-state index is -0.251. The van der Waals surface area contributed by atoms with Crippen LogP contribution in [-0.2, 0) is 0 Å². The van der Waals surface area contributed by atoms with Crippen LogP contribution < -0.4 is 5.32 Å². The van der Waals surface area contributed by atoms with Crippen LogP contribution in [0.15, 0.2) is 60.9 Å². The summed E-state index contributed by atoms with van der Waals surface area (Å²) in [7, 11) is 0. The van der Waals surface area contributed by atoms with Gasteiger partial charge in [0.15, 0.2) is 0 Å². The topological polar surface area (TPSA) is 67.8 Å². The van der Waals surface area contributed by atoms with E-state index >= 15 is 0 Å². The fraction of sp³-hybridized carbons (Fsp3) is 0.0526. The number of nitrogens with zero attached hydrogens (tertiary/aromatic N) is 3. The van der Waals surface area contributed by atoms with Gasteiger partial charge in [-0.2, -0.15) is 0 Å². The molecule has 0 atom stereocenters. The number of para-hydroxylation sites is 1. The molecule has 4 rings (SSSR count). The van der Waals surface area contributed by atoms with Crippen molar-refractivity contribution in [3.05, 3.63) is 72.1 Å². The predicted octanol–water partition coefficient (Wildman–Crippen LogP) is 4.31. The van der Waals surface area contributed by atoms with Gasteiger partial charge in [0.25, 0.3) is 5.91 Å². The van der Waals surface area contributed by atoms with E-state index in [-0.39, 0.29) is 5.91 Å². The summed E-state index contributed by atoms with van der Waals surface area (Å²) in [4.78, 5) is 25.9. The normalized spacial score (nSPS) is 10.8. The molecule has 6 heteroatoms. The highest BCUT2D eigenvalue weighted by Gasteiger charge is 2.17. The molecule has 0 aliphatic heterocycles. The average molecular weight is 346 g/mol. The molecule has 0 saturated carbocycles. The first-order valence-corrected chi connectivity index (χ1v) is 8.57. The summed E-state index contributed by atoms with van der Waals surface area (Å²) >= 11 is 1.52. The lowest BCUT2D eigenvalue weighted by molar-refractivity contribution is 0.102. The van der Waals surface area contributed by atoms with E-state index in [4.69, 9.17) is 0 Å². The molecule has 3 heterocycles. The van der Waals surface area contributed by atoms with E-state index in [9.17, 15) is 4.79 Å². The van der Waals surface area contributed by atoms with Gasteiger partial charge >= 0.3 is 0 Å². The third-order valence-corrected chi connectivity index (χ3v) is 4.74. The van der Waals surface area contributed by atoms with Crippen molar-refractivity contribution >= 4 is 33.3 Å². The molecule has 0 aliphatic carbocycles. The first-order valence-electron chi connectivity index (χ1n) is 7.76. The number of carbonyl (C=O) groups excluding carboxylic acids is 1. The number of thiazole rings is 1. The first-order chi connectivity index (χ1) is 12.2. The highest BCUT2D eigenvalue weighted by molar-refractivity contribution is 7.21. The van der Waals surface area contributed by atoms with E-state index in [2.05, 4.69) is 20.3 Å². The zero-order valence-corrected chi connectivity index (χ0v) is 14.2. The van der Waals surface area contributed by atoms with Gasteiger partial charge in [-0.1, -0.05) is 18.2 Å². The van der Waals surface area contributed by atoms with E-state index in [1.165, 1.54) is 11.3 Å². The maximum absolute atomic E-state index is 12.7. The smallest absolute Gasteiger partial charge is 0.259 e. The predicted molar refractivity (Wildman–Crippen MR) is 99.8 cm³/mol. The summed E-state index contributed by atoms with van der Waals surface area (Å²) in [6.45, 7) is 1.95. The number of aryl methyl sites for hydroxylation is 1. The molecule has 122 valence electrons. The van der Waals surface area contributed by atoms with Gasteiger partial charge in [-0.15, -0.1) is 11.3 Å². The molecule has 3 aromatic heterocycles. The lowest BCUT2D eigenvalue weighted by Gasteiger charge is -2.07. The van der Waals surface area contributed by atoms with E-state index in [0.29, 0.717) is 17.1 Å². The van der Waals surface area contributed by atoms with E-state index in [1.54, 1.807) is 30.6 Å². The Balaban J connectivity index is 1.70. The van der Waals surface area contributed by atoms with Crippen molar-refractivity contribution in [3.63, 3.8) is 0 Å². The molecule has 1 N–H and O–H groups in total. The van der Waals surface area contributed by atoms with Crippen molar-refractivity contribution in [2.24, 2.45) is 0 Å². The Morgan fingerprint density at radius 2 is 1.92 bits per heavy atom. The molecule has 25 heavy (non-hydrogen) atoms. The summed E-state index contributed by atoms with van der Waals surface area (Å²) in [5.41, 5.74) is 2.99. The number of anilines is 1. The third-order valence-electron chi connectivity index (χ3n) is 3.70. The molecular formula is C19H14N4OS. The summed E-state index contributed by atoms with van der Waals surface area (Å²) in [6.07, 6.45) is 3.38. The van der Waals surface area contributed by atoms with Crippen molar-refractivity contribution < 1.29 is 4.79 Å². The van der Waals surface area contributed by atoms with E-state index in [1.807, 2.05) is 37.3 Å². The van der Waals surface area contributed by atoms with Crippen LogP contribution in [0.5, 0.6) is 0 Å². The maximum atomic E-state index is 12.7. The van der Waals surface area contributed by atoms with Gasteiger partial charge in [0.2, 0.25) is 0 Å². The molecule has 0 saturated heterocycles. The van der Waals surface area contributed by atoms with E-state index in [0.717, 1.165) is 20.8 Å². The standard InChI is InChI=1S/C19H14N4OS/c1-12-8-9-16(21-11-12)23-18(24)13-5-4-10-20-17(13)19-22-14-6-2-3-7-15(14)25-19/h2-11H,1H3,(H,21,23,24). The Labute approximate surface area is 148 Å². The number of nitrogens with one attached hydrogen (secondary N) is 1. The van der Waals surface area contributed by atoms with Gasteiger partial charge in [-0.25, -0.2) is 9.97 Å². The molecule has 1 amide bonds. The second-order valence-corrected chi connectivity index (χ2v) is 6.59. The maximum Gasteiger partial charge on any atom is 0.259 e. The van der Waals surface area contributed by atoms with Crippen LogP contribution in [0.2, 0.25) is 0 Å². The number of rotatable bonds is 3. The molecule has 4 aromatic rings. The van der Waals surface area contributed by atoms with Crippen molar-refractivity contribution in [1.29, 1.82) is 0 Å². The molecule has 1 aromatic carbocycles. The zero-order chi connectivity index (χ0) is 17.2. The van der Waals surface area contributed by atoms with Gasteiger partial charge < -0.3 is 5.32 Å². The van der Waals surface area contributed by atoms with Crippen molar-refractivity contribution in [3.8, 4) is 10.7 Å². The fourth-order valence-corrected chi connectivity index (χ4v) is 3.43. The van der Waals surface area contributed by atoms with Crippen LogP contribution in [0.1, 0.15) is 15.9 Å². The minimum absolute atomic E-state index is 0.251. The minimum Gasteiger partial charge on any atom is -0.306 e. The van der Waals surface area contributed by atoms with Crippen LogP contribution in [0.3, 0.4) is 0 Å². The molecule has 0 spiro atoms. The molecule has 0 unspecified atom stereocenters. The van der Waals surface area contributed by atoms with Crippen LogP contribution in [0.25, 0.3) is 20.9 Å². The molecule has 0 bridgehead atoms. The summed E-state index contributed by atoms with van der Waals surface area (Å²) in [5, 5.41) is 3.54. The Morgan fingerprint density at radius 1 is 1.04 bits per heavy atom. The number of hydrogen-bond acceptors (Lipinski definition) is 5. The van der Waals surface area contributed by atoms with Crippen LogP contribution >= 0.6 is 11.3 Å². The second kappa shape index (κ2) is 6.41. The van der Waals surface area contributed by atoms with Crippen LogP contribution in [-0.4, -0.2) is 20.9 Å². The Bertz CT molecular complexity index is 1020. The molecule has 5 nitrogen and oxygen atoms in total. The number of carbonyl (C=O) groups is 1. The highest BCUT2D eigenvalue weighted by Crippen LogP contribution is 2.30. The monoisotopic (exact) mass is 346 g/mol. The largest absolute Gasteiger partial charge is 0.306 e. The number of fused-ring (bicyclic) bond motifs is 1. The fourth-order valence-electron chi connectivity index (χ4n) is 2.46. The van der Waals surface area contributed by atoms with Crippen molar-refractivity contribution in [2.75, 3.05) is 5.32 Å². The quantitative estimate of drug-likeness (QED) is 0.600. The van der Waals surface area contributed by atoms with Crippen LogP contribution in [0, 0.1) is 6.92 Å². The highest BCUT2D eigenvalue weighted by atomic mass is 32.1. The molecule has 0 radical (unpaired) electrons. The van der Waals surface area contributed by atoms with E-state index < -0.39 is 0 Å². The Kier molecular flexibility index (Phi) is 3.95. The Morgan fingerprint density at radius 3 is 2.72 bits per heavy atom. The zero-order valence-electron chi connectivity index (χ0n) is 13.4. The first kappa shape index (κ1) is 15.4. The number of pyridine rings is 2. The average Bonchev–Trinajstić information content (AvgIpc) is 3.07. The van der Waals surface area contributed by atoms with Gasteiger partial charge in [0.05, 0.1) is 15.8 Å². The number of hydrogen-bond donors (Lipinski definition) is 1. The molecule has 0 fully saturated rings. The number of aromatic nitrogens is 3. The van der Waals surface area contributed by atoms with Crippen molar-refractivity contribution in [1.82, 2.24) is 15.0 Å². The van der Waals surface area contributed by atoms with Gasteiger partial charge in [0, 0.05) is 12.4 Å². The SMILES string of the molecule is Cc1ccc(NC(=O)c2cccnc2-c2nc3ccccc3s2)nc1. The van der Waals surface area contributed by atoms with Crippen molar-refractivity contribution in [2.45, 2.75) is 6.92 Å². The van der Waals surface area contributed by atoms with Gasteiger partial charge in [-0.3, -0.25) is 9.78 Å². The summed E-state index contributed by atoms with van der Waals surface area (Å²) in [5.74, 6) is 0.258. The lowest BCUT2D eigenvalue weighted by Crippen LogP contribution is -2.14. The second-order valence-electron chi connectivity index (χ2n) is 5.56. The molecule has 0 aliphatic rings. The summed E-state index contributed by atoms with van der Waals surface area (Å²) in [6, 6.07) is 15.1. The third kappa shape index (κ3) is 3.12. The Hall–Kier alpha value is -3.12. The summed E-state index contributed by atoms with van der Waals surface area (Å²) < 4.78 is 1.06. The number of benzene rings is 1.